The summed E-state index contributed by atoms with van der Waals surface area (Å²) in [4.78, 5) is 12.2. The predicted octanol–water partition coefficient (Wildman–Crippen LogP) is 2.11. The van der Waals surface area contributed by atoms with Gasteiger partial charge >= 0.3 is 0 Å². The van der Waals surface area contributed by atoms with Crippen molar-refractivity contribution in [1.29, 1.82) is 0 Å². The molecule has 1 heterocycles. The second-order valence-corrected chi connectivity index (χ2v) is 4.54. The second kappa shape index (κ2) is 5.59. The van der Waals surface area contributed by atoms with Gasteiger partial charge in [-0.1, -0.05) is 25.1 Å². The lowest BCUT2D eigenvalue weighted by Crippen LogP contribution is -2.38. The highest BCUT2D eigenvalue weighted by atomic mass is 16.2. The zero-order valence-electron chi connectivity index (χ0n) is 10.6. The van der Waals surface area contributed by atoms with Crippen LogP contribution in [0.2, 0.25) is 0 Å². The normalized spacial score (nSPS) is 18.3. The predicted molar refractivity (Wildman–Crippen MR) is 73.3 cm³/mol. The van der Waals surface area contributed by atoms with E-state index in [0.29, 0.717) is 13.0 Å². The summed E-state index contributed by atoms with van der Waals surface area (Å²) in [5.41, 5.74) is 2.13. The quantitative estimate of drug-likeness (QED) is 0.794. The van der Waals surface area contributed by atoms with Gasteiger partial charge in [0.05, 0.1) is 5.92 Å². The molecule has 0 aliphatic carbocycles. The summed E-state index contributed by atoms with van der Waals surface area (Å²) in [6.07, 6.45) is 6.74. The number of para-hydroxylation sites is 1. The van der Waals surface area contributed by atoms with Crippen LogP contribution < -0.4 is 10.6 Å². The molecule has 3 nitrogen and oxygen atoms in total. The topological polar surface area (TPSA) is 41.1 Å². The van der Waals surface area contributed by atoms with Gasteiger partial charge in [-0.05, 0) is 18.1 Å². The van der Waals surface area contributed by atoms with Crippen molar-refractivity contribution in [3.05, 3.63) is 29.8 Å². The fourth-order valence-electron chi connectivity index (χ4n) is 2.26. The van der Waals surface area contributed by atoms with Crippen molar-refractivity contribution in [2.45, 2.75) is 31.7 Å². The summed E-state index contributed by atoms with van der Waals surface area (Å²) >= 11 is 0. The number of terminal acetylenes is 1. The Morgan fingerprint density at radius 3 is 3.11 bits per heavy atom. The lowest BCUT2D eigenvalue weighted by Gasteiger charge is -2.17. The van der Waals surface area contributed by atoms with E-state index in [4.69, 9.17) is 6.42 Å². The highest BCUT2D eigenvalue weighted by Gasteiger charge is 2.28. The average Bonchev–Trinajstić information content (AvgIpc) is 2.82. The van der Waals surface area contributed by atoms with Gasteiger partial charge in [0, 0.05) is 24.7 Å². The second-order valence-electron chi connectivity index (χ2n) is 4.54. The number of benzene rings is 1. The van der Waals surface area contributed by atoms with Gasteiger partial charge in [-0.3, -0.25) is 4.79 Å². The molecular formula is C15H18N2O. The third-order valence-electron chi connectivity index (χ3n) is 3.35. The van der Waals surface area contributed by atoms with E-state index in [2.05, 4.69) is 16.6 Å². The van der Waals surface area contributed by atoms with Crippen molar-refractivity contribution in [2.24, 2.45) is 0 Å². The Labute approximate surface area is 108 Å². The Kier molecular flexibility index (Phi) is 3.88. The van der Waals surface area contributed by atoms with Gasteiger partial charge in [-0.25, -0.2) is 0 Å². The minimum atomic E-state index is -0.104. The van der Waals surface area contributed by atoms with E-state index >= 15 is 0 Å². The third-order valence-corrected chi connectivity index (χ3v) is 3.35. The molecule has 1 aliphatic rings. The van der Waals surface area contributed by atoms with Gasteiger partial charge in [0.2, 0.25) is 5.91 Å². The van der Waals surface area contributed by atoms with Gasteiger partial charge in [-0.2, -0.15) is 0 Å². The molecule has 2 rings (SSSR count). The van der Waals surface area contributed by atoms with Crippen LogP contribution in [0.3, 0.4) is 0 Å². The van der Waals surface area contributed by atoms with E-state index in [-0.39, 0.29) is 17.9 Å². The van der Waals surface area contributed by atoms with Gasteiger partial charge < -0.3 is 10.6 Å². The van der Waals surface area contributed by atoms with E-state index < -0.39 is 0 Å². The first-order valence-electron chi connectivity index (χ1n) is 6.33. The molecule has 1 aromatic rings. The summed E-state index contributed by atoms with van der Waals surface area (Å²) in [5.74, 6) is 2.56. The summed E-state index contributed by atoms with van der Waals surface area (Å²) in [6.45, 7) is 2.70. The first kappa shape index (κ1) is 12.5. The Hall–Kier alpha value is -1.95. The van der Waals surface area contributed by atoms with Crippen LogP contribution in [0.25, 0.3) is 0 Å². The lowest BCUT2D eigenvalue weighted by molar-refractivity contribution is -0.122. The van der Waals surface area contributed by atoms with Gasteiger partial charge in [0.25, 0.3) is 0 Å². The molecule has 0 fully saturated rings. The number of carbonyl (C=O) groups excluding carboxylic acids is 1. The molecule has 1 aromatic carbocycles. The largest absolute Gasteiger partial charge is 0.384 e. The standard InChI is InChI=1S/C15H18N2O/c1-3-7-11(4-2)17-15(18)13-10-16-14-9-6-5-8-12(13)14/h1,5-6,8-9,11,13,16H,4,7,10H2,2H3,(H,17,18). The van der Waals surface area contributed by atoms with E-state index in [0.717, 1.165) is 17.7 Å². The van der Waals surface area contributed by atoms with Crippen LogP contribution in [0.1, 0.15) is 31.2 Å². The smallest absolute Gasteiger partial charge is 0.229 e. The molecule has 3 heteroatoms. The number of carbonyl (C=O) groups is 1. The summed E-state index contributed by atoms with van der Waals surface area (Å²) < 4.78 is 0. The maximum atomic E-state index is 12.2. The first-order valence-corrected chi connectivity index (χ1v) is 6.33. The number of hydrogen-bond acceptors (Lipinski definition) is 2. The summed E-state index contributed by atoms with van der Waals surface area (Å²) in [7, 11) is 0. The van der Waals surface area contributed by atoms with Crippen LogP contribution in [0.4, 0.5) is 5.69 Å². The van der Waals surface area contributed by atoms with Crippen LogP contribution in [0.5, 0.6) is 0 Å². The van der Waals surface area contributed by atoms with Crippen LogP contribution in [0, 0.1) is 12.3 Å². The average molecular weight is 242 g/mol. The number of hydrogen-bond donors (Lipinski definition) is 2. The highest BCUT2D eigenvalue weighted by Crippen LogP contribution is 2.31. The third kappa shape index (κ3) is 2.48. The van der Waals surface area contributed by atoms with Crippen LogP contribution in [-0.2, 0) is 4.79 Å². The SMILES string of the molecule is C#CCC(CC)NC(=O)C1CNc2ccccc21. The van der Waals surface area contributed by atoms with Gasteiger partial charge in [-0.15, -0.1) is 12.3 Å². The molecule has 0 saturated carbocycles. The highest BCUT2D eigenvalue weighted by molar-refractivity contribution is 5.88. The molecule has 18 heavy (non-hydrogen) atoms. The molecule has 2 N–H and O–H groups in total. The van der Waals surface area contributed by atoms with Crippen LogP contribution >= 0.6 is 0 Å². The molecule has 0 saturated heterocycles. The van der Waals surface area contributed by atoms with Crippen LogP contribution in [-0.4, -0.2) is 18.5 Å². The van der Waals surface area contributed by atoms with E-state index in [1.54, 1.807) is 0 Å². The first-order chi connectivity index (χ1) is 8.76. The molecule has 1 aliphatic heterocycles. The number of fused-ring (bicyclic) bond motifs is 1. The molecule has 2 unspecified atom stereocenters. The fraction of sp³-hybridized carbons (Fsp3) is 0.400. The summed E-state index contributed by atoms with van der Waals surface area (Å²) in [5, 5.41) is 6.28. The Morgan fingerprint density at radius 2 is 2.39 bits per heavy atom. The van der Waals surface area contributed by atoms with Crippen molar-refractivity contribution in [3.8, 4) is 12.3 Å². The Balaban J connectivity index is 2.05. The maximum absolute atomic E-state index is 12.2. The molecule has 0 radical (unpaired) electrons. The van der Waals surface area contributed by atoms with E-state index in [1.807, 2.05) is 31.2 Å². The van der Waals surface area contributed by atoms with E-state index in [9.17, 15) is 4.79 Å². The maximum Gasteiger partial charge on any atom is 0.229 e. The van der Waals surface area contributed by atoms with Crippen molar-refractivity contribution in [1.82, 2.24) is 5.32 Å². The van der Waals surface area contributed by atoms with Gasteiger partial charge in [0.15, 0.2) is 0 Å². The van der Waals surface area contributed by atoms with E-state index in [1.165, 1.54) is 0 Å². The fourth-order valence-corrected chi connectivity index (χ4v) is 2.26. The van der Waals surface area contributed by atoms with Crippen LogP contribution in [0.15, 0.2) is 24.3 Å². The van der Waals surface area contributed by atoms with Crippen molar-refractivity contribution >= 4 is 11.6 Å². The molecular weight excluding hydrogens is 224 g/mol. The van der Waals surface area contributed by atoms with Gasteiger partial charge in [0.1, 0.15) is 0 Å². The molecule has 0 aromatic heterocycles. The lowest BCUT2D eigenvalue weighted by atomic mass is 9.99. The molecule has 1 amide bonds. The molecule has 0 bridgehead atoms. The zero-order valence-corrected chi connectivity index (χ0v) is 10.6. The Morgan fingerprint density at radius 1 is 1.61 bits per heavy atom. The minimum absolute atomic E-state index is 0.0644. The monoisotopic (exact) mass is 242 g/mol. The van der Waals surface area contributed by atoms with Crippen molar-refractivity contribution < 1.29 is 4.79 Å². The number of rotatable bonds is 4. The summed E-state index contributed by atoms with van der Waals surface area (Å²) in [6, 6.07) is 8.02. The van der Waals surface area contributed by atoms with Crippen molar-refractivity contribution in [2.75, 3.05) is 11.9 Å². The number of amides is 1. The number of nitrogens with one attached hydrogen (secondary N) is 2. The molecule has 2 atom stereocenters. The molecule has 0 spiro atoms. The molecule has 94 valence electrons. The zero-order chi connectivity index (χ0) is 13.0. The minimum Gasteiger partial charge on any atom is -0.384 e. The number of anilines is 1. The Bertz CT molecular complexity index is 476. The van der Waals surface area contributed by atoms with Crippen molar-refractivity contribution in [3.63, 3.8) is 0 Å².